The Balaban J connectivity index is 2.87. The Kier molecular flexibility index (Phi) is 5.44. The van der Waals surface area contributed by atoms with Crippen LogP contribution in [0.1, 0.15) is 18.9 Å². The number of rotatable bonds is 6. The number of nitrogens with two attached hydrogens (primary N) is 2. The van der Waals surface area contributed by atoms with Crippen LogP contribution in [0.25, 0.3) is 0 Å². The zero-order chi connectivity index (χ0) is 12.8. The van der Waals surface area contributed by atoms with Crippen molar-refractivity contribution in [1.29, 1.82) is 0 Å². The molecule has 1 aromatic rings. The maximum atomic E-state index is 10.7. The van der Waals surface area contributed by atoms with Crippen LogP contribution in [0.4, 0.5) is 0 Å². The van der Waals surface area contributed by atoms with Crippen LogP contribution in [0, 0.1) is 0 Å². The molecule has 1 rings (SSSR count). The van der Waals surface area contributed by atoms with Crippen molar-refractivity contribution in [3.8, 4) is 5.75 Å². The van der Waals surface area contributed by atoms with E-state index in [-0.39, 0.29) is 12.6 Å². The Morgan fingerprint density at radius 1 is 1.53 bits per heavy atom. The smallest absolute Gasteiger partial charge is 0.255 e. The van der Waals surface area contributed by atoms with Crippen LogP contribution in [-0.4, -0.2) is 18.6 Å². The van der Waals surface area contributed by atoms with Gasteiger partial charge in [0.25, 0.3) is 5.91 Å². The summed E-state index contributed by atoms with van der Waals surface area (Å²) in [6.07, 6.45) is 1.60. The molecule has 0 aliphatic heterocycles. The van der Waals surface area contributed by atoms with Gasteiger partial charge in [-0.3, -0.25) is 4.79 Å². The largest absolute Gasteiger partial charge is 0.482 e. The van der Waals surface area contributed by atoms with Crippen molar-refractivity contribution in [2.24, 2.45) is 11.5 Å². The highest BCUT2D eigenvalue weighted by molar-refractivity contribution is 9.10. The Morgan fingerprint density at radius 3 is 2.82 bits per heavy atom. The lowest BCUT2D eigenvalue weighted by molar-refractivity contribution is -0.119. The zero-order valence-electron chi connectivity index (χ0n) is 9.78. The molecule has 0 aliphatic rings. The lowest BCUT2D eigenvalue weighted by Gasteiger charge is -2.15. The summed E-state index contributed by atoms with van der Waals surface area (Å²) in [5.74, 6) is 0.154. The highest BCUT2D eigenvalue weighted by atomic mass is 79.9. The second kappa shape index (κ2) is 6.61. The third-order valence-corrected chi connectivity index (χ3v) is 3.04. The molecule has 17 heavy (non-hydrogen) atoms. The highest BCUT2D eigenvalue weighted by Crippen LogP contribution is 2.30. The molecule has 0 fully saturated rings. The van der Waals surface area contributed by atoms with Gasteiger partial charge >= 0.3 is 0 Å². The number of benzene rings is 1. The zero-order valence-corrected chi connectivity index (χ0v) is 11.4. The number of para-hydroxylation sites is 1. The second-order valence-corrected chi connectivity index (χ2v) is 4.71. The predicted octanol–water partition coefficient (Wildman–Crippen LogP) is 1.59. The number of hydrogen-bond acceptors (Lipinski definition) is 3. The molecule has 0 heterocycles. The molecule has 0 saturated carbocycles. The van der Waals surface area contributed by atoms with Crippen LogP contribution < -0.4 is 16.2 Å². The molecule has 94 valence electrons. The van der Waals surface area contributed by atoms with E-state index in [0.29, 0.717) is 12.2 Å². The van der Waals surface area contributed by atoms with Gasteiger partial charge in [-0.15, -0.1) is 0 Å². The fourth-order valence-electron chi connectivity index (χ4n) is 1.45. The summed E-state index contributed by atoms with van der Waals surface area (Å²) in [7, 11) is 0. The lowest BCUT2D eigenvalue weighted by atomic mass is 10.0. The number of hydrogen-bond donors (Lipinski definition) is 2. The minimum Gasteiger partial charge on any atom is -0.482 e. The van der Waals surface area contributed by atoms with Crippen molar-refractivity contribution in [2.45, 2.75) is 25.8 Å². The average Bonchev–Trinajstić information content (AvgIpc) is 2.27. The highest BCUT2D eigenvalue weighted by Gasteiger charge is 2.11. The first kappa shape index (κ1) is 14.0. The average molecular weight is 301 g/mol. The SMILES string of the molecule is CCC(N)Cc1cccc(Br)c1OCC(N)=O. The number of amides is 1. The maximum Gasteiger partial charge on any atom is 0.255 e. The van der Waals surface area contributed by atoms with Crippen LogP contribution in [0.3, 0.4) is 0 Å². The molecule has 1 atom stereocenters. The maximum absolute atomic E-state index is 10.7. The van der Waals surface area contributed by atoms with Gasteiger partial charge in [0.15, 0.2) is 6.61 Å². The van der Waals surface area contributed by atoms with E-state index in [9.17, 15) is 4.79 Å². The lowest BCUT2D eigenvalue weighted by Crippen LogP contribution is -2.23. The minimum atomic E-state index is -0.494. The Labute approximate surface area is 109 Å². The van der Waals surface area contributed by atoms with Gasteiger partial charge in [0, 0.05) is 6.04 Å². The number of carbonyl (C=O) groups excluding carboxylic acids is 1. The van der Waals surface area contributed by atoms with Gasteiger partial charge in [0.1, 0.15) is 5.75 Å². The molecular weight excluding hydrogens is 284 g/mol. The number of carbonyl (C=O) groups is 1. The molecule has 0 aromatic heterocycles. The van der Waals surface area contributed by atoms with Crippen LogP contribution in [0.5, 0.6) is 5.75 Å². The normalized spacial score (nSPS) is 12.2. The molecule has 1 aromatic carbocycles. The van der Waals surface area contributed by atoms with Gasteiger partial charge in [-0.05, 0) is 40.4 Å². The van der Waals surface area contributed by atoms with Crippen molar-refractivity contribution in [3.05, 3.63) is 28.2 Å². The minimum absolute atomic E-state index is 0.0835. The van der Waals surface area contributed by atoms with E-state index in [0.717, 1.165) is 16.5 Å². The molecular formula is C12H17BrN2O2. The van der Waals surface area contributed by atoms with Crippen LogP contribution in [-0.2, 0) is 11.2 Å². The summed E-state index contributed by atoms with van der Waals surface area (Å²) in [6, 6.07) is 5.80. The molecule has 5 heteroatoms. The fourth-order valence-corrected chi connectivity index (χ4v) is 1.97. The number of halogens is 1. The molecule has 0 saturated heterocycles. The Morgan fingerprint density at radius 2 is 2.24 bits per heavy atom. The second-order valence-electron chi connectivity index (χ2n) is 3.86. The standard InChI is InChI=1S/C12H17BrN2O2/c1-2-9(14)6-8-4-3-5-10(13)12(8)17-7-11(15)16/h3-5,9H,2,6-7,14H2,1H3,(H2,15,16). The first-order chi connectivity index (χ1) is 8.04. The van der Waals surface area contributed by atoms with Crippen molar-refractivity contribution < 1.29 is 9.53 Å². The molecule has 0 aliphatic carbocycles. The van der Waals surface area contributed by atoms with Crippen molar-refractivity contribution in [1.82, 2.24) is 0 Å². The van der Waals surface area contributed by atoms with Crippen molar-refractivity contribution >= 4 is 21.8 Å². The molecule has 1 unspecified atom stereocenters. The summed E-state index contributed by atoms with van der Waals surface area (Å²) in [5, 5.41) is 0. The van der Waals surface area contributed by atoms with Gasteiger partial charge in [-0.25, -0.2) is 0 Å². The fraction of sp³-hybridized carbons (Fsp3) is 0.417. The van der Waals surface area contributed by atoms with E-state index in [1.54, 1.807) is 0 Å². The molecule has 0 bridgehead atoms. The topological polar surface area (TPSA) is 78.3 Å². The molecule has 1 amide bonds. The van der Waals surface area contributed by atoms with Crippen LogP contribution in [0.15, 0.2) is 22.7 Å². The third-order valence-electron chi connectivity index (χ3n) is 2.41. The monoisotopic (exact) mass is 300 g/mol. The predicted molar refractivity (Wildman–Crippen MR) is 70.8 cm³/mol. The van der Waals surface area contributed by atoms with Gasteiger partial charge in [0.2, 0.25) is 0 Å². The van der Waals surface area contributed by atoms with E-state index in [4.69, 9.17) is 16.2 Å². The van der Waals surface area contributed by atoms with E-state index < -0.39 is 5.91 Å². The van der Waals surface area contributed by atoms with E-state index in [1.807, 2.05) is 25.1 Å². The summed E-state index contributed by atoms with van der Waals surface area (Å²) in [5.41, 5.74) is 12.0. The van der Waals surface area contributed by atoms with Crippen molar-refractivity contribution in [3.63, 3.8) is 0 Å². The van der Waals surface area contributed by atoms with E-state index >= 15 is 0 Å². The van der Waals surface area contributed by atoms with Crippen molar-refractivity contribution in [2.75, 3.05) is 6.61 Å². The molecule has 0 spiro atoms. The summed E-state index contributed by atoms with van der Waals surface area (Å²) < 4.78 is 6.20. The molecule has 4 nitrogen and oxygen atoms in total. The van der Waals surface area contributed by atoms with Crippen LogP contribution >= 0.6 is 15.9 Å². The quantitative estimate of drug-likeness (QED) is 0.837. The van der Waals surface area contributed by atoms with E-state index in [2.05, 4.69) is 15.9 Å². The number of primary amides is 1. The van der Waals surface area contributed by atoms with E-state index in [1.165, 1.54) is 0 Å². The van der Waals surface area contributed by atoms with Gasteiger partial charge < -0.3 is 16.2 Å². The van der Waals surface area contributed by atoms with Gasteiger partial charge in [-0.1, -0.05) is 19.1 Å². The first-order valence-electron chi connectivity index (χ1n) is 5.48. The Hall–Kier alpha value is -1.07. The van der Waals surface area contributed by atoms with Gasteiger partial charge in [-0.2, -0.15) is 0 Å². The Bertz CT molecular complexity index is 396. The first-order valence-corrected chi connectivity index (χ1v) is 6.28. The summed E-state index contributed by atoms with van der Waals surface area (Å²) in [6.45, 7) is 1.91. The summed E-state index contributed by atoms with van der Waals surface area (Å²) in [4.78, 5) is 10.7. The third kappa shape index (κ3) is 4.36. The summed E-state index contributed by atoms with van der Waals surface area (Å²) >= 11 is 3.39. The number of ether oxygens (including phenoxy) is 1. The molecule has 4 N–H and O–H groups in total. The van der Waals surface area contributed by atoms with Crippen LogP contribution in [0.2, 0.25) is 0 Å². The molecule has 0 radical (unpaired) electrons. The van der Waals surface area contributed by atoms with Gasteiger partial charge in [0.05, 0.1) is 4.47 Å².